The molecular weight excluding hydrogens is 361 g/mol. The van der Waals surface area contributed by atoms with Gasteiger partial charge in [-0.1, -0.05) is 18.6 Å². The fourth-order valence-electron chi connectivity index (χ4n) is 3.39. The van der Waals surface area contributed by atoms with Gasteiger partial charge in [0.1, 0.15) is 12.4 Å². The highest BCUT2D eigenvalue weighted by molar-refractivity contribution is 5.75. The zero-order chi connectivity index (χ0) is 19.9. The van der Waals surface area contributed by atoms with E-state index in [0.29, 0.717) is 13.1 Å². The fourth-order valence-corrected chi connectivity index (χ4v) is 3.39. The first-order valence-corrected chi connectivity index (χ1v) is 9.56. The molecule has 1 aliphatic heterocycles. The van der Waals surface area contributed by atoms with Crippen LogP contribution in [0.1, 0.15) is 30.5 Å². The van der Waals surface area contributed by atoms with Gasteiger partial charge in [0.25, 0.3) is 0 Å². The second-order valence-electron chi connectivity index (χ2n) is 7.07. The maximum Gasteiger partial charge on any atom is 0.240 e. The molecule has 0 bridgehead atoms. The minimum Gasteiger partial charge on any atom is -0.491 e. The van der Waals surface area contributed by atoms with Crippen molar-refractivity contribution in [3.8, 4) is 5.75 Å². The van der Waals surface area contributed by atoms with E-state index in [0.717, 1.165) is 37.2 Å². The largest absolute Gasteiger partial charge is 0.491 e. The van der Waals surface area contributed by atoms with Crippen LogP contribution in [0.5, 0.6) is 5.75 Å². The molecule has 0 radical (unpaired) electrons. The van der Waals surface area contributed by atoms with Crippen LogP contribution in [-0.2, 0) is 24.4 Å². The van der Waals surface area contributed by atoms with E-state index in [1.165, 1.54) is 25.7 Å². The van der Waals surface area contributed by atoms with Crippen molar-refractivity contribution in [1.82, 2.24) is 14.8 Å². The number of carbonyl (C=O) groups is 1. The summed E-state index contributed by atoms with van der Waals surface area (Å²) in [6.07, 6.45) is 5.13. The van der Waals surface area contributed by atoms with E-state index in [2.05, 4.69) is 10.2 Å². The summed E-state index contributed by atoms with van der Waals surface area (Å²) in [7, 11) is 1.44. The normalized spacial score (nSPS) is 14.6. The smallest absolute Gasteiger partial charge is 0.240 e. The summed E-state index contributed by atoms with van der Waals surface area (Å²) in [5.41, 5.74) is 1.43. The van der Waals surface area contributed by atoms with Crippen molar-refractivity contribution >= 4 is 5.91 Å². The van der Waals surface area contributed by atoms with Crippen molar-refractivity contribution in [2.45, 2.75) is 38.9 Å². The first kappa shape index (κ1) is 20.1. The second kappa shape index (κ2) is 9.50. The molecule has 1 aromatic carbocycles. The van der Waals surface area contributed by atoms with E-state index in [-0.39, 0.29) is 29.4 Å². The summed E-state index contributed by atoms with van der Waals surface area (Å²) >= 11 is 0. The van der Waals surface area contributed by atoms with Gasteiger partial charge in [0.15, 0.2) is 5.75 Å². The molecule has 3 rings (SSSR count). The van der Waals surface area contributed by atoms with E-state index >= 15 is 0 Å². The number of piperidine rings is 1. The van der Waals surface area contributed by atoms with Gasteiger partial charge in [-0.2, -0.15) is 0 Å². The van der Waals surface area contributed by atoms with E-state index in [4.69, 9.17) is 4.74 Å². The van der Waals surface area contributed by atoms with Crippen LogP contribution < -0.4 is 15.5 Å². The highest BCUT2D eigenvalue weighted by Crippen LogP contribution is 2.14. The Morgan fingerprint density at radius 2 is 1.89 bits per heavy atom. The van der Waals surface area contributed by atoms with Gasteiger partial charge in [-0.25, -0.2) is 4.39 Å². The Labute approximate surface area is 163 Å². The van der Waals surface area contributed by atoms with Crippen molar-refractivity contribution < 1.29 is 13.9 Å². The van der Waals surface area contributed by atoms with E-state index < -0.39 is 0 Å². The van der Waals surface area contributed by atoms with E-state index in [1.807, 2.05) is 0 Å². The molecule has 6 nitrogen and oxygen atoms in total. The van der Waals surface area contributed by atoms with Crippen molar-refractivity contribution in [1.29, 1.82) is 0 Å². The zero-order valence-corrected chi connectivity index (χ0v) is 16.1. The molecule has 1 amide bonds. The van der Waals surface area contributed by atoms with Crippen molar-refractivity contribution in [3.05, 3.63) is 63.8 Å². The molecule has 0 unspecified atom stereocenters. The Balaban J connectivity index is 1.70. The third kappa shape index (κ3) is 5.42. The van der Waals surface area contributed by atoms with Gasteiger partial charge in [0, 0.05) is 24.8 Å². The molecule has 2 aromatic rings. The average Bonchev–Trinajstić information content (AvgIpc) is 2.70. The number of nitrogens with one attached hydrogen (secondary N) is 1. The number of halogens is 1. The van der Waals surface area contributed by atoms with Gasteiger partial charge in [0.2, 0.25) is 11.3 Å². The number of hydrogen-bond donors (Lipinski definition) is 1. The molecule has 1 aliphatic rings. The summed E-state index contributed by atoms with van der Waals surface area (Å²) in [5, 5.41) is 2.84. The van der Waals surface area contributed by atoms with E-state index in [9.17, 15) is 14.0 Å². The first-order chi connectivity index (χ1) is 13.5. The predicted octanol–water partition coefficient (Wildman–Crippen LogP) is 2.30. The van der Waals surface area contributed by atoms with Crippen LogP contribution in [0.15, 0.2) is 41.3 Å². The van der Waals surface area contributed by atoms with Gasteiger partial charge < -0.3 is 14.6 Å². The molecule has 0 spiro atoms. The maximum absolute atomic E-state index is 13.0. The summed E-state index contributed by atoms with van der Waals surface area (Å²) in [4.78, 5) is 26.9. The van der Waals surface area contributed by atoms with Crippen LogP contribution in [-0.4, -0.2) is 35.6 Å². The van der Waals surface area contributed by atoms with E-state index in [1.54, 1.807) is 29.0 Å². The molecule has 1 saturated heterocycles. The zero-order valence-electron chi connectivity index (χ0n) is 16.1. The van der Waals surface area contributed by atoms with Crippen LogP contribution in [0.3, 0.4) is 0 Å². The van der Waals surface area contributed by atoms with Crippen LogP contribution >= 0.6 is 0 Å². The van der Waals surface area contributed by atoms with Gasteiger partial charge in [0.05, 0.1) is 13.3 Å². The Hall–Kier alpha value is -2.67. The summed E-state index contributed by atoms with van der Waals surface area (Å²) < 4.78 is 19.9. The maximum atomic E-state index is 13.0. The number of amides is 1. The Kier molecular flexibility index (Phi) is 6.81. The second-order valence-corrected chi connectivity index (χ2v) is 7.07. The number of ether oxygens (including phenoxy) is 1. The summed E-state index contributed by atoms with van der Waals surface area (Å²) in [6, 6.07) is 7.57. The lowest BCUT2D eigenvalue weighted by molar-refractivity contribution is -0.121. The van der Waals surface area contributed by atoms with Gasteiger partial charge in [-0.3, -0.25) is 14.5 Å². The SMILES string of the molecule is COc1cn(CC(=O)NCc2ccc(F)cc2)c(CN2CCCCC2)cc1=O. The minimum absolute atomic E-state index is 0.0843. The van der Waals surface area contributed by atoms with Gasteiger partial charge in [-0.05, 0) is 43.6 Å². The van der Waals surface area contributed by atoms with Crippen LogP contribution in [0, 0.1) is 5.82 Å². The number of carbonyl (C=O) groups excluding carboxylic acids is 1. The molecule has 0 atom stereocenters. The Morgan fingerprint density at radius 3 is 2.57 bits per heavy atom. The molecule has 0 saturated carbocycles. The Bertz CT molecular complexity index is 858. The fraction of sp³-hybridized carbons (Fsp3) is 0.429. The third-order valence-electron chi connectivity index (χ3n) is 4.95. The summed E-state index contributed by atoms with van der Waals surface area (Å²) in [6.45, 7) is 3.03. The number of rotatable bonds is 7. The molecule has 150 valence electrons. The lowest BCUT2D eigenvalue weighted by atomic mass is 10.1. The van der Waals surface area contributed by atoms with Crippen molar-refractivity contribution in [2.24, 2.45) is 0 Å². The number of likely N-dealkylation sites (tertiary alicyclic amines) is 1. The lowest BCUT2D eigenvalue weighted by Gasteiger charge is -2.27. The van der Waals surface area contributed by atoms with Gasteiger partial charge in [-0.15, -0.1) is 0 Å². The Morgan fingerprint density at radius 1 is 1.18 bits per heavy atom. The number of aromatic nitrogens is 1. The molecule has 28 heavy (non-hydrogen) atoms. The molecule has 1 aromatic heterocycles. The molecule has 1 N–H and O–H groups in total. The standard InChI is InChI=1S/C21H26FN3O3/c1-28-20-14-25(15-21(27)23-12-16-5-7-17(22)8-6-16)18(11-19(20)26)13-24-9-3-2-4-10-24/h5-8,11,14H,2-4,9-10,12-13,15H2,1H3,(H,23,27). The van der Waals surface area contributed by atoms with Crippen LogP contribution in [0.4, 0.5) is 4.39 Å². The number of methoxy groups -OCH3 is 1. The van der Waals surface area contributed by atoms with Crippen molar-refractivity contribution in [3.63, 3.8) is 0 Å². The molecular formula is C21H26FN3O3. The first-order valence-electron chi connectivity index (χ1n) is 9.56. The number of benzene rings is 1. The molecule has 7 heteroatoms. The topological polar surface area (TPSA) is 63.6 Å². The third-order valence-corrected chi connectivity index (χ3v) is 4.95. The van der Waals surface area contributed by atoms with Crippen LogP contribution in [0.25, 0.3) is 0 Å². The monoisotopic (exact) mass is 387 g/mol. The predicted molar refractivity (Wildman–Crippen MR) is 105 cm³/mol. The van der Waals surface area contributed by atoms with Crippen molar-refractivity contribution in [2.75, 3.05) is 20.2 Å². The molecule has 1 fully saturated rings. The lowest BCUT2D eigenvalue weighted by Crippen LogP contribution is -2.33. The van der Waals surface area contributed by atoms with Gasteiger partial charge >= 0.3 is 0 Å². The quantitative estimate of drug-likeness (QED) is 0.792. The number of pyridine rings is 1. The number of nitrogens with zero attached hydrogens (tertiary/aromatic N) is 2. The molecule has 0 aliphatic carbocycles. The average molecular weight is 387 g/mol. The molecule has 2 heterocycles. The van der Waals surface area contributed by atoms with Crippen LogP contribution in [0.2, 0.25) is 0 Å². The number of hydrogen-bond acceptors (Lipinski definition) is 4. The highest BCUT2D eigenvalue weighted by Gasteiger charge is 2.15. The highest BCUT2D eigenvalue weighted by atomic mass is 19.1. The minimum atomic E-state index is -0.308. The summed E-state index contributed by atoms with van der Waals surface area (Å²) in [5.74, 6) is -0.276.